The second kappa shape index (κ2) is 5.46. The van der Waals surface area contributed by atoms with Crippen LogP contribution in [0.25, 0.3) is 0 Å². The second-order valence-electron chi connectivity index (χ2n) is 5.34. The monoisotopic (exact) mass is 234 g/mol. The Labute approximate surface area is 99.8 Å². The van der Waals surface area contributed by atoms with Crippen LogP contribution in [0.15, 0.2) is 41.6 Å². The van der Waals surface area contributed by atoms with Crippen molar-refractivity contribution in [3.8, 4) is 0 Å². The summed E-state index contributed by atoms with van der Waals surface area (Å²) in [4.78, 5) is 0. The van der Waals surface area contributed by atoms with E-state index in [9.17, 15) is 5.11 Å². The SMILES string of the molecule is C[C@H](O)/C=C(/Cc1ccccc1)[Si](C)(C)C. The van der Waals surface area contributed by atoms with Gasteiger partial charge in [0.25, 0.3) is 0 Å². The minimum atomic E-state index is -1.33. The van der Waals surface area contributed by atoms with Crippen LogP contribution in [0.1, 0.15) is 12.5 Å². The van der Waals surface area contributed by atoms with E-state index in [0.29, 0.717) is 0 Å². The normalized spacial score (nSPS) is 14.9. The molecule has 0 aromatic heterocycles. The molecule has 1 rings (SSSR count). The third-order valence-electron chi connectivity index (χ3n) is 2.64. The molecule has 0 heterocycles. The van der Waals surface area contributed by atoms with E-state index in [1.54, 1.807) is 0 Å². The highest BCUT2D eigenvalue weighted by atomic mass is 28.3. The van der Waals surface area contributed by atoms with Gasteiger partial charge in [0.05, 0.1) is 14.2 Å². The fourth-order valence-corrected chi connectivity index (χ4v) is 3.16. The van der Waals surface area contributed by atoms with E-state index < -0.39 is 8.07 Å². The molecule has 0 bridgehead atoms. The first-order chi connectivity index (χ1) is 7.39. The number of hydrogen-bond donors (Lipinski definition) is 1. The molecule has 0 fully saturated rings. The van der Waals surface area contributed by atoms with Gasteiger partial charge in [-0.25, -0.2) is 0 Å². The van der Waals surface area contributed by atoms with E-state index in [2.05, 4.69) is 43.9 Å². The number of allylic oxidation sites excluding steroid dienone is 1. The Bertz CT molecular complexity index is 347. The highest BCUT2D eigenvalue weighted by molar-refractivity contribution is 6.83. The van der Waals surface area contributed by atoms with Crippen LogP contribution < -0.4 is 0 Å². The second-order valence-corrected chi connectivity index (χ2v) is 10.5. The molecule has 1 N–H and O–H groups in total. The first-order valence-electron chi connectivity index (χ1n) is 5.83. The molecule has 0 aliphatic rings. The van der Waals surface area contributed by atoms with Crippen molar-refractivity contribution in [2.45, 2.75) is 39.1 Å². The fourth-order valence-electron chi connectivity index (χ4n) is 1.68. The molecule has 1 aromatic carbocycles. The van der Waals surface area contributed by atoms with E-state index in [-0.39, 0.29) is 6.10 Å². The lowest BCUT2D eigenvalue weighted by Gasteiger charge is -2.22. The van der Waals surface area contributed by atoms with Crippen LogP contribution in [0.3, 0.4) is 0 Å². The van der Waals surface area contributed by atoms with Crippen molar-refractivity contribution in [3.63, 3.8) is 0 Å². The van der Waals surface area contributed by atoms with Crippen LogP contribution >= 0.6 is 0 Å². The first-order valence-corrected chi connectivity index (χ1v) is 9.33. The Balaban J connectivity index is 2.89. The van der Waals surface area contributed by atoms with Crippen LogP contribution in [0.4, 0.5) is 0 Å². The summed E-state index contributed by atoms with van der Waals surface area (Å²) < 4.78 is 0. The fraction of sp³-hybridized carbons (Fsp3) is 0.429. The first kappa shape index (κ1) is 13.2. The van der Waals surface area contributed by atoms with Gasteiger partial charge in [0.15, 0.2) is 0 Å². The number of rotatable bonds is 4. The average molecular weight is 234 g/mol. The molecular formula is C14H22OSi. The van der Waals surface area contributed by atoms with Crippen LogP contribution in [0, 0.1) is 0 Å². The number of aliphatic hydroxyl groups is 1. The van der Waals surface area contributed by atoms with Crippen molar-refractivity contribution < 1.29 is 5.11 Å². The lowest BCUT2D eigenvalue weighted by molar-refractivity contribution is 0.243. The number of benzene rings is 1. The third kappa shape index (κ3) is 4.33. The van der Waals surface area contributed by atoms with Gasteiger partial charge in [0, 0.05) is 0 Å². The van der Waals surface area contributed by atoms with Gasteiger partial charge in [-0.3, -0.25) is 0 Å². The van der Waals surface area contributed by atoms with Gasteiger partial charge in [0.1, 0.15) is 0 Å². The Morgan fingerprint density at radius 2 is 1.81 bits per heavy atom. The van der Waals surface area contributed by atoms with E-state index in [4.69, 9.17) is 0 Å². The van der Waals surface area contributed by atoms with Crippen LogP contribution in [-0.4, -0.2) is 19.3 Å². The molecular weight excluding hydrogens is 212 g/mol. The Hall–Kier alpha value is -0.863. The molecule has 88 valence electrons. The minimum absolute atomic E-state index is 0.342. The summed E-state index contributed by atoms with van der Waals surface area (Å²) in [6, 6.07) is 10.5. The van der Waals surface area contributed by atoms with Crippen molar-refractivity contribution in [2.24, 2.45) is 0 Å². The molecule has 0 aliphatic heterocycles. The molecule has 0 saturated heterocycles. The van der Waals surface area contributed by atoms with E-state index in [1.807, 2.05) is 19.1 Å². The Kier molecular flexibility index (Phi) is 4.51. The zero-order valence-corrected chi connectivity index (χ0v) is 11.7. The summed E-state index contributed by atoms with van der Waals surface area (Å²) in [5, 5.41) is 10.9. The summed E-state index contributed by atoms with van der Waals surface area (Å²) in [7, 11) is -1.33. The Morgan fingerprint density at radius 3 is 2.25 bits per heavy atom. The maximum atomic E-state index is 9.51. The van der Waals surface area contributed by atoms with E-state index in [0.717, 1.165) is 6.42 Å². The standard InChI is InChI=1S/C14H22OSi/c1-12(15)10-14(16(2,3)4)11-13-8-6-5-7-9-13/h5-10,12,15H,11H2,1-4H3/b14-10-/t12-/m0/s1. The van der Waals surface area contributed by atoms with Gasteiger partial charge >= 0.3 is 0 Å². The van der Waals surface area contributed by atoms with Gasteiger partial charge in [-0.2, -0.15) is 0 Å². The summed E-state index contributed by atoms with van der Waals surface area (Å²) >= 11 is 0. The highest BCUT2D eigenvalue weighted by Crippen LogP contribution is 2.20. The lowest BCUT2D eigenvalue weighted by Crippen LogP contribution is -2.26. The van der Waals surface area contributed by atoms with Crippen LogP contribution in [0.5, 0.6) is 0 Å². The molecule has 0 aliphatic carbocycles. The predicted molar refractivity (Wildman–Crippen MR) is 73.3 cm³/mol. The average Bonchev–Trinajstić information content (AvgIpc) is 2.16. The van der Waals surface area contributed by atoms with Gasteiger partial charge in [-0.15, -0.1) is 0 Å². The van der Waals surface area contributed by atoms with Gasteiger partial charge < -0.3 is 5.11 Å². The lowest BCUT2D eigenvalue weighted by atomic mass is 10.1. The molecule has 1 nitrogen and oxygen atoms in total. The molecule has 0 spiro atoms. The molecule has 1 aromatic rings. The van der Waals surface area contributed by atoms with Crippen molar-refractivity contribution >= 4 is 8.07 Å². The van der Waals surface area contributed by atoms with Crippen molar-refractivity contribution in [1.29, 1.82) is 0 Å². The van der Waals surface area contributed by atoms with E-state index in [1.165, 1.54) is 10.8 Å². The van der Waals surface area contributed by atoms with Crippen LogP contribution in [0.2, 0.25) is 19.6 Å². The van der Waals surface area contributed by atoms with Gasteiger partial charge in [-0.05, 0) is 18.9 Å². The number of aliphatic hydroxyl groups excluding tert-OH is 1. The molecule has 16 heavy (non-hydrogen) atoms. The summed E-state index contributed by atoms with van der Waals surface area (Å²) in [5.74, 6) is 0. The zero-order valence-electron chi connectivity index (χ0n) is 10.7. The molecule has 0 saturated carbocycles. The molecule has 0 amide bonds. The summed E-state index contributed by atoms with van der Waals surface area (Å²) in [5.41, 5.74) is 1.33. The molecule has 0 radical (unpaired) electrons. The maximum Gasteiger partial charge on any atom is 0.0725 e. The maximum absolute atomic E-state index is 9.51. The topological polar surface area (TPSA) is 20.2 Å². The molecule has 2 heteroatoms. The number of hydrogen-bond acceptors (Lipinski definition) is 1. The largest absolute Gasteiger partial charge is 0.389 e. The quantitative estimate of drug-likeness (QED) is 0.792. The van der Waals surface area contributed by atoms with Gasteiger partial charge in [0.2, 0.25) is 0 Å². The van der Waals surface area contributed by atoms with Crippen molar-refractivity contribution in [3.05, 3.63) is 47.2 Å². The summed E-state index contributed by atoms with van der Waals surface area (Å²) in [6.07, 6.45) is 2.66. The Morgan fingerprint density at radius 1 is 1.25 bits per heavy atom. The zero-order chi connectivity index (χ0) is 12.2. The third-order valence-corrected chi connectivity index (χ3v) is 4.91. The van der Waals surface area contributed by atoms with Crippen molar-refractivity contribution in [2.75, 3.05) is 0 Å². The summed E-state index contributed by atoms with van der Waals surface area (Å²) in [6.45, 7) is 8.80. The minimum Gasteiger partial charge on any atom is -0.389 e. The molecule has 0 unspecified atom stereocenters. The molecule has 1 atom stereocenters. The van der Waals surface area contributed by atoms with Crippen LogP contribution in [-0.2, 0) is 6.42 Å². The van der Waals surface area contributed by atoms with E-state index >= 15 is 0 Å². The van der Waals surface area contributed by atoms with Crippen molar-refractivity contribution in [1.82, 2.24) is 0 Å². The highest BCUT2D eigenvalue weighted by Gasteiger charge is 2.19. The van der Waals surface area contributed by atoms with Gasteiger partial charge in [-0.1, -0.05) is 61.2 Å². The predicted octanol–water partition coefficient (Wildman–Crippen LogP) is 3.41. The smallest absolute Gasteiger partial charge is 0.0725 e.